The zero-order chi connectivity index (χ0) is 36.5. The van der Waals surface area contributed by atoms with Crippen LogP contribution in [0.15, 0.2) is 59.8 Å². The van der Waals surface area contributed by atoms with Gasteiger partial charge in [-0.3, -0.25) is 14.4 Å². The van der Waals surface area contributed by atoms with E-state index in [0.29, 0.717) is 13.0 Å². The standard InChI is InChI=1S/C39H49NO10/c1-7-38(4,35(44)46-6)25-39(5,36(45)49-24-29-23-48-29)21-28(33(42)47-18-12-17-41)20-37(2,3)34(43)50-40-22-32-30-15-10-8-13-26(30)19-27-14-9-11-16-31(27)32/h8-11,13-16,19,22,28-29,41H,7,12,17-18,20-21,23-25H2,1-6H3. The minimum Gasteiger partial charge on any atom is -0.469 e. The van der Waals surface area contributed by atoms with E-state index in [1.807, 2.05) is 55.5 Å². The van der Waals surface area contributed by atoms with Crippen molar-refractivity contribution in [2.45, 2.75) is 72.8 Å². The van der Waals surface area contributed by atoms with Crippen LogP contribution in [0.2, 0.25) is 0 Å². The van der Waals surface area contributed by atoms with Crippen LogP contribution in [0.25, 0.3) is 21.5 Å². The second-order valence-corrected chi connectivity index (χ2v) is 14.3. The largest absolute Gasteiger partial charge is 0.469 e. The van der Waals surface area contributed by atoms with Crippen molar-refractivity contribution in [1.82, 2.24) is 0 Å². The lowest BCUT2D eigenvalue weighted by molar-refractivity contribution is -0.166. The summed E-state index contributed by atoms with van der Waals surface area (Å²) in [7, 11) is 1.29. The molecule has 1 saturated heterocycles. The van der Waals surface area contributed by atoms with Gasteiger partial charge in [0.1, 0.15) is 12.7 Å². The topological polar surface area (TPSA) is 150 Å². The summed E-state index contributed by atoms with van der Waals surface area (Å²) in [6.07, 6.45) is 1.77. The van der Waals surface area contributed by atoms with Crippen molar-refractivity contribution in [3.05, 3.63) is 60.2 Å². The van der Waals surface area contributed by atoms with Gasteiger partial charge in [0, 0.05) is 18.6 Å². The molecule has 4 atom stereocenters. The number of nitrogens with zero attached hydrogens (tertiary/aromatic N) is 1. The van der Waals surface area contributed by atoms with E-state index in [0.717, 1.165) is 27.1 Å². The quantitative estimate of drug-likeness (QED) is 0.0241. The van der Waals surface area contributed by atoms with Gasteiger partial charge in [0.05, 0.1) is 48.7 Å². The molecule has 0 spiro atoms. The van der Waals surface area contributed by atoms with E-state index in [1.54, 1.807) is 27.7 Å². The molecule has 1 aliphatic rings. The van der Waals surface area contributed by atoms with Crippen LogP contribution in [-0.4, -0.2) is 74.8 Å². The lowest BCUT2D eigenvalue weighted by atomic mass is 9.66. The molecule has 3 aromatic rings. The summed E-state index contributed by atoms with van der Waals surface area (Å²) < 4.78 is 21.4. The van der Waals surface area contributed by atoms with Crippen LogP contribution in [0.1, 0.15) is 72.3 Å². The molecule has 0 aromatic heterocycles. The van der Waals surface area contributed by atoms with Gasteiger partial charge in [-0.05, 0) is 81.0 Å². The van der Waals surface area contributed by atoms with Crippen molar-refractivity contribution in [2.75, 3.05) is 33.5 Å². The number of benzene rings is 3. The number of methoxy groups -OCH3 is 1. The second kappa shape index (κ2) is 16.6. The molecule has 0 saturated carbocycles. The van der Waals surface area contributed by atoms with Gasteiger partial charge in [-0.25, -0.2) is 4.79 Å². The monoisotopic (exact) mass is 691 g/mol. The lowest BCUT2D eigenvalue weighted by Gasteiger charge is -2.38. The van der Waals surface area contributed by atoms with Crippen molar-refractivity contribution in [2.24, 2.45) is 27.3 Å². The first-order chi connectivity index (χ1) is 23.8. The van der Waals surface area contributed by atoms with Gasteiger partial charge in [0.25, 0.3) is 0 Å². The maximum atomic E-state index is 13.8. The number of rotatable bonds is 18. The summed E-state index contributed by atoms with van der Waals surface area (Å²) in [6, 6.07) is 17.8. The predicted molar refractivity (Wildman–Crippen MR) is 188 cm³/mol. The van der Waals surface area contributed by atoms with Crippen molar-refractivity contribution < 1.29 is 48.1 Å². The Morgan fingerprint density at radius 3 is 2.10 bits per heavy atom. The molecule has 4 rings (SSSR count). The molecule has 11 heteroatoms. The molecule has 270 valence electrons. The fourth-order valence-electron chi connectivity index (χ4n) is 6.46. The van der Waals surface area contributed by atoms with Crippen LogP contribution in [0.4, 0.5) is 0 Å². The summed E-state index contributed by atoms with van der Waals surface area (Å²) in [5.41, 5.74) is -2.90. The van der Waals surface area contributed by atoms with Crippen LogP contribution in [0.5, 0.6) is 0 Å². The summed E-state index contributed by atoms with van der Waals surface area (Å²) in [5, 5.41) is 17.3. The Kier molecular flexibility index (Phi) is 12.7. The van der Waals surface area contributed by atoms with E-state index in [4.69, 9.17) is 23.8 Å². The minimum atomic E-state index is -1.36. The second-order valence-electron chi connectivity index (χ2n) is 14.3. The van der Waals surface area contributed by atoms with E-state index in [-0.39, 0.29) is 51.6 Å². The minimum absolute atomic E-state index is 0.0160. The number of epoxide rings is 1. The van der Waals surface area contributed by atoms with E-state index in [1.165, 1.54) is 13.3 Å². The first-order valence-corrected chi connectivity index (χ1v) is 17.1. The van der Waals surface area contributed by atoms with Crippen LogP contribution in [0, 0.1) is 22.2 Å². The summed E-state index contributed by atoms with van der Waals surface area (Å²) in [5.74, 6) is -3.42. The molecule has 0 bridgehead atoms. The molecule has 0 radical (unpaired) electrons. The molecular weight excluding hydrogens is 642 g/mol. The molecule has 3 aromatic carbocycles. The Bertz CT molecular complexity index is 1660. The van der Waals surface area contributed by atoms with Gasteiger partial charge >= 0.3 is 23.9 Å². The maximum Gasteiger partial charge on any atom is 0.340 e. The molecule has 1 aliphatic heterocycles. The van der Waals surface area contributed by atoms with Gasteiger partial charge < -0.3 is 28.9 Å². The van der Waals surface area contributed by atoms with E-state index in [2.05, 4.69) is 11.2 Å². The molecule has 1 fully saturated rings. The first kappa shape index (κ1) is 38.5. The van der Waals surface area contributed by atoms with Crippen LogP contribution < -0.4 is 0 Å². The molecule has 0 amide bonds. The van der Waals surface area contributed by atoms with E-state index in [9.17, 15) is 24.3 Å². The Balaban J connectivity index is 1.60. The third-order valence-electron chi connectivity index (χ3n) is 9.55. The molecule has 50 heavy (non-hydrogen) atoms. The molecule has 4 unspecified atom stereocenters. The zero-order valence-electron chi connectivity index (χ0n) is 29.9. The van der Waals surface area contributed by atoms with E-state index >= 15 is 0 Å². The van der Waals surface area contributed by atoms with Crippen molar-refractivity contribution in [1.29, 1.82) is 0 Å². The molecular formula is C39H49NO10. The third kappa shape index (κ3) is 9.45. The number of aliphatic hydroxyl groups is 1. The van der Waals surface area contributed by atoms with Crippen molar-refractivity contribution in [3.63, 3.8) is 0 Å². The highest BCUT2D eigenvalue weighted by Gasteiger charge is 2.49. The normalized spacial score (nSPS) is 17.5. The summed E-state index contributed by atoms with van der Waals surface area (Å²) >= 11 is 0. The van der Waals surface area contributed by atoms with Gasteiger partial charge in [0.2, 0.25) is 0 Å². The number of carbonyl (C=O) groups is 4. The average Bonchev–Trinajstić information content (AvgIpc) is 3.94. The number of carbonyl (C=O) groups excluding carboxylic acids is 4. The first-order valence-electron chi connectivity index (χ1n) is 17.1. The van der Waals surface area contributed by atoms with Crippen LogP contribution >= 0.6 is 0 Å². The number of fused-ring (bicyclic) bond motifs is 2. The number of hydrogen-bond acceptors (Lipinski definition) is 11. The van der Waals surface area contributed by atoms with Crippen LogP contribution in [-0.2, 0) is 43.0 Å². The number of aliphatic hydroxyl groups excluding tert-OH is 1. The summed E-state index contributed by atoms with van der Waals surface area (Å²) in [4.78, 5) is 59.4. The highest BCUT2D eigenvalue weighted by Crippen LogP contribution is 2.45. The summed E-state index contributed by atoms with van der Waals surface area (Å²) in [6.45, 7) is 8.75. The number of ether oxygens (including phenoxy) is 4. The van der Waals surface area contributed by atoms with Crippen molar-refractivity contribution in [3.8, 4) is 0 Å². The number of esters is 3. The van der Waals surface area contributed by atoms with E-state index < -0.39 is 46.0 Å². The Morgan fingerprint density at radius 2 is 1.54 bits per heavy atom. The Morgan fingerprint density at radius 1 is 0.920 bits per heavy atom. The number of hydrogen-bond donors (Lipinski definition) is 1. The maximum absolute atomic E-state index is 13.8. The highest BCUT2D eigenvalue weighted by molar-refractivity contribution is 6.13. The smallest absolute Gasteiger partial charge is 0.340 e. The fraction of sp³-hybridized carbons (Fsp3) is 0.513. The molecule has 11 nitrogen and oxygen atoms in total. The number of oxime groups is 1. The predicted octanol–water partition coefficient (Wildman–Crippen LogP) is 6.15. The van der Waals surface area contributed by atoms with Crippen LogP contribution in [0.3, 0.4) is 0 Å². The van der Waals surface area contributed by atoms with Gasteiger partial charge in [-0.2, -0.15) is 0 Å². The highest BCUT2D eigenvalue weighted by atomic mass is 16.7. The zero-order valence-corrected chi connectivity index (χ0v) is 29.9. The van der Waals surface area contributed by atoms with Gasteiger partial charge in [-0.1, -0.05) is 60.6 Å². The third-order valence-corrected chi connectivity index (χ3v) is 9.55. The molecule has 1 heterocycles. The Labute approximate surface area is 293 Å². The van der Waals surface area contributed by atoms with Gasteiger partial charge in [0.15, 0.2) is 0 Å². The SMILES string of the molecule is CCC(C)(CC(C)(CC(CC(C)(C)C(=O)ON=Cc1c2ccccc2cc2ccccc12)C(=O)OCCCO)C(=O)OCC1CO1)C(=O)OC. The lowest BCUT2D eigenvalue weighted by Crippen LogP contribution is -2.43. The fourth-order valence-corrected chi connectivity index (χ4v) is 6.46. The average molecular weight is 692 g/mol. The molecule has 0 aliphatic carbocycles. The Hall–Kier alpha value is -4.35. The van der Waals surface area contributed by atoms with Crippen molar-refractivity contribution >= 4 is 51.6 Å². The molecule has 1 N–H and O–H groups in total. The van der Waals surface area contributed by atoms with Gasteiger partial charge in [-0.15, -0.1) is 0 Å².